The lowest BCUT2D eigenvalue weighted by Crippen LogP contribution is -2.43. The van der Waals surface area contributed by atoms with Gasteiger partial charge in [-0.05, 0) is 5.56 Å². The normalized spacial score (nSPS) is 12.5. The molecule has 0 aromatic heterocycles. The topological polar surface area (TPSA) is 52.6 Å². The van der Waals surface area contributed by atoms with Gasteiger partial charge in [-0.2, -0.15) is 0 Å². The summed E-state index contributed by atoms with van der Waals surface area (Å²) >= 11 is 0. The van der Waals surface area contributed by atoms with E-state index in [0.29, 0.717) is 17.4 Å². The van der Waals surface area contributed by atoms with Gasteiger partial charge in [0.15, 0.2) is 6.10 Å². The Morgan fingerprint density at radius 2 is 1.73 bits per heavy atom. The summed E-state index contributed by atoms with van der Waals surface area (Å²) in [5, 5.41) is 0. The quantitative estimate of drug-likeness (QED) is 0.545. The maximum atomic E-state index is 12.0. The summed E-state index contributed by atoms with van der Waals surface area (Å²) in [6.45, 7) is 2.53. The highest BCUT2D eigenvalue weighted by Gasteiger charge is 2.25. The van der Waals surface area contributed by atoms with Gasteiger partial charge in [0.1, 0.15) is 13.2 Å². The molecule has 0 heterocycles. The largest absolute Gasteiger partial charge is 0.461 e. The smallest absolute Gasteiger partial charge is 0.310 e. The Kier molecular flexibility index (Phi) is 7.05. The Hall–Kier alpha value is -1.88. The minimum Gasteiger partial charge on any atom is -0.461 e. The van der Waals surface area contributed by atoms with Crippen LogP contribution in [0, 0.1) is 0 Å². The number of likely N-dealkylation sites (N-methyl/N-ethyl adjacent to an activating group) is 1. The fourth-order valence-electron chi connectivity index (χ4n) is 2.01. The zero-order chi connectivity index (χ0) is 16.6. The molecule has 0 bridgehead atoms. The van der Waals surface area contributed by atoms with Crippen molar-refractivity contribution in [2.24, 2.45) is 0 Å². The van der Waals surface area contributed by atoms with Crippen LogP contribution in [0.2, 0.25) is 0 Å². The van der Waals surface area contributed by atoms with Gasteiger partial charge in [0.2, 0.25) is 0 Å². The number of carbonyl (C=O) groups excluding carboxylic acids is 2. The predicted octanol–water partition coefficient (Wildman–Crippen LogP) is 2.15. The van der Waals surface area contributed by atoms with Gasteiger partial charge in [0.25, 0.3) is 0 Å². The van der Waals surface area contributed by atoms with E-state index >= 15 is 0 Å². The molecule has 5 heteroatoms. The van der Waals surface area contributed by atoms with Gasteiger partial charge < -0.3 is 14.0 Å². The molecule has 0 aliphatic carbocycles. The second kappa shape index (κ2) is 8.54. The summed E-state index contributed by atoms with van der Waals surface area (Å²) in [5.41, 5.74) is 0.935. The van der Waals surface area contributed by atoms with Crippen LogP contribution in [0.25, 0.3) is 0 Å². The second-order valence-corrected chi connectivity index (χ2v) is 6.29. The maximum Gasteiger partial charge on any atom is 0.310 e. The number of ether oxygens (including phenoxy) is 2. The van der Waals surface area contributed by atoms with Crippen molar-refractivity contribution in [1.82, 2.24) is 0 Å². The van der Waals surface area contributed by atoms with Crippen LogP contribution >= 0.6 is 0 Å². The molecular formula is C17H26NO4+. The Morgan fingerprint density at radius 1 is 1.09 bits per heavy atom. The third-order valence-electron chi connectivity index (χ3n) is 2.98. The lowest BCUT2D eigenvalue weighted by molar-refractivity contribution is -0.873. The first-order valence-electron chi connectivity index (χ1n) is 7.49. The molecule has 0 aliphatic rings. The van der Waals surface area contributed by atoms with Crippen molar-refractivity contribution in [2.75, 3.05) is 27.7 Å². The van der Waals surface area contributed by atoms with Gasteiger partial charge in [0.05, 0.1) is 27.6 Å². The van der Waals surface area contributed by atoms with Crippen molar-refractivity contribution < 1.29 is 23.5 Å². The van der Waals surface area contributed by atoms with Gasteiger partial charge in [0, 0.05) is 6.42 Å². The molecule has 5 nitrogen and oxygen atoms in total. The first kappa shape index (κ1) is 18.2. The van der Waals surface area contributed by atoms with Gasteiger partial charge in [-0.3, -0.25) is 9.59 Å². The van der Waals surface area contributed by atoms with Crippen molar-refractivity contribution in [3.05, 3.63) is 35.9 Å². The first-order valence-corrected chi connectivity index (χ1v) is 7.49. The summed E-state index contributed by atoms with van der Waals surface area (Å²) < 4.78 is 11.2. The fourth-order valence-corrected chi connectivity index (χ4v) is 2.01. The Labute approximate surface area is 132 Å². The van der Waals surface area contributed by atoms with Crippen molar-refractivity contribution in [3.8, 4) is 0 Å². The van der Waals surface area contributed by atoms with E-state index < -0.39 is 6.10 Å². The molecule has 0 aliphatic heterocycles. The average Bonchev–Trinajstić information content (AvgIpc) is 2.44. The van der Waals surface area contributed by atoms with E-state index in [1.807, 2.05) is 51.5 Å². The Morgan fingerprint density at radius 3 is 2.27 bits per heavy atom. The molecule has 0 N–H and O–H groups in total. The molecule has 22 heavy (non-hydrogen) atoms. The van der Waals surface area contributed by atoms with Crippen molar-refractivity contribution in [2.45, 2.75) is 32.5 Å². The molecule has 0 saturated heterocycles. The van der Waals surface area contributed by atoms with Gasteiger partial charge in [-0.25, -0.2) is 0 Å². The van der Waals surface area contributed by atoms with Crippen LogP contribution in [0.15, 0.2) is 30.3 Å². The molecule has 1 atom stereocenters. The molecule has 0 radical (unpaired) electrons. The lowest BCUT2D eigenvalue weighted by Gasteiger charge is -2.28. The zero-order valence-electron chi connectivity index (χ0n) is 13.9. The standard InChI is InChI=1S/C17H26NO4/c1-5-16(19)22-15(12-18(2,3)4)11-17(20)21-13-14-9-7-6-8-10-14/h6-10,15H,5,11-13H2,1-4H3/q+1/t15-/m1/s1. The molecule has 0 spiro atoms. The third kappa shape index (κ3) is 7.78. The minimum atomic E-state index is -0.462. The van der Waals surface area contributed by atoms with Crippen molar-refractivity contribution in [3.63, 3.8) is 0 Å². The number of rotatable bonds is 8. The van der Waals surface area contributed by atoms with Crippen LogP contribution in [-0.4, -0.2) is 50.2 Å². The van der Waals surface area contributed by atoms with Gasteiger partial charge in [-0.1, -0.05) is 37.3 Å². The minimum absolute atomic E-state index is 0.0775. The second-order valence-electron chi connectivity index (χ2n) is 6.29. The highest BCUT2D eigenvalue weighted by Crippen LogP contribution is 2.09. The van der Waals surface area contributed by atoms with E-state index in [0.717, 1.165) is 5.56 Å². The third-order valence-corrected chi connectivity index (χ3v) is 2.98. The lowest BCUT2D eigenvalue weighted by atomic mass is 10.2. The zero-order valence-corrected chi connectivity index (χ0v) is 13.9. The van der Waals surface area contributed by atoms with Gasteiger partial charge >= 0.3 is 11.9 Å². The maximum absolute atomic E-state index is 12.0. The highest BCUT2D eigenvalue weighted by atomic mass is 16.6. The van der Waals surface area contributed by atoms with Crippen LogP contribution in [-0.2, 0) is 25.7 Å². The summed E-state index contributed by atoms with van der Waals surface area (Å²) in [5.74, 6) is -0.652. The molecule has 1 rings (SSSR count). The van der Waals surface area contributed by atoms with E-state index in [4.69, 9.17) is 9.47 Å². The number of esters is 2. The highest BCUT2D eigenvalue weighted by molar-refractivity contribution is 5.72. The molecule has 0 saturated carbocycles. The summed E-state index contributed by atoms with van der Waals surface area (Å²) in [7, 11) is 5.96. The summed E-state index contributed by atoms with van der Waals surface area (Å²) in [6, 6.07) is 9.49. The van der Waals surface area contributed by atoms with Crippen LogP contribution < -0.4 is 0 Å². The molecule has 0 fully saturated rings. The molecular weight excluding hydrogens is 282 g/mol. The Bertz CT molecular complexity index is 479. The van der Waals surface area contributed by atoms with Crippen LogP contribution in [0.1, 0.15) is 25.3 Å². The molecule has 0 unspecified atom stereocenters. The molecule has 0 amide bonds. The average molecular weight is 308 g/mol. The molecule has 1 aromatic rings. The van der Waals surface area contributed by atoms with Crippen LogP contribution in [0.3, 0.4) is 0 Å². The van der Waals surface area contributed by atoms with E-state index in [1.54, 1.807) is 6.92 Å². The van der Waals surface area contributed by atoms with Gasteiger partial charge in [-0.15, -0.1) is 0 Å². The number of quaternary nitrogens is 1. The van der Waals surface area contributed by atoms with E-state index in [1.165, 1.54) is 0 Å². The van der Waals surface area contributed by atoms with Crippen LogP contribution in [0.5, 0.6) is 0 Å². The number of carbonyl (C=O) groups is 2. The van der Waals surface area contributed by atoms with Crippen molar-refractivity contribution in [1.29, 1.82) is 0 Å². The molecule has 1 aromatic carbocycles. The monoisotopic (exact) mass is 308 g/mol. The number of benzene rings is 1. The Balaban J connectivity index is 2.52. The first-order chi connectivity index (χ1) is 10.3. The van der Waals surface area contributed by atoms with E-state index in [9.17, 15) is 9.59 Å². The number of hydrogen-bond acceptors (Lipinski definition) is 4. The number of nitrogens with zero attached hydrogens (tertiary/aromatic N) is 1. The number of hydrogen-bond donors (Lipinski definition) is 0. The summed E-state index contributed by atoms with van der Waals surface area (Å²) in [6.07, 6.45) is -0.0865. The predicted molar refractivity (Wildman–Crippen MR) is 83.9 cm³/mol. The molecule has 122 valence electrons. The fraction of sp³-hybridized carbons (Fsp3) is 0.529. The van der Waals surface area contributed by atoms with Crippen molar-refractivity contribution >= 4 is 11.9 Å². The summed E-state index contributed by atoms with van der Waals surface area (Å²) in [4.78, 5) is 23.4. The van der Waals surface area contributed by atoms with E-state index in [-0.39, 0.29) is 25.0 Å². The van der Waals surface area contributed by atoms with E-state index in [2.05, 4.69) is 0 Å². The SMILES string of the molecule is CCC(=O)O[C@H](CC(=O)OCc1ccccc1)C[N+](C)(C)C. The van der Waals surface area contributed by atoms with Crippen LogP contribution in [0.4, 0.5) is 0 Å².